The largest absolute Gasteiger partial charge is 0.497 e. The number of amides is 2. The van der Waals surface area contributed by atoms with Gasteiger partial charge in [0.1, 0.15) is 11.9 Å². The van der Waals surface area contributed by atoms with Gasteiger partial charge in [0.05, 0.1) is 13.5 Å². The summed E-state index contributed by atoms with van der Waals surface area (Å²) in [7, 11) is 1.60. The lowest BCUT2D eigenvalue weighted by atomic mass is 10.0. The van der Waals surface area contributed by atoms with Gasteiger partial charge in [-0.3, -0.25) is 9.89 Å². The highest BCUT2D eigenvalue weighted by atomic mass is 16.6. The van der Waals surface area contributed by atoms with Crippen LogP contribution in [0.1, 0.15) is 49.8 Å². The van der Waals surface area contributed by atoms with Crippen LogP contribution < -0.4 is 15.4 Å². The number of hydrogen-bond acceptors (Lipinski definition) is 6. The number of benzene rings is 1. The van der Waals surface area contributed by atoms with Crippen molar-refractivity contribution in [3.63, 3.8) is 0 Å². The van der Waals surface area contributed by atoms with E-state index in [-0.39, 0.29) is 36.9 Å². The maximum absolute atomic E-state index is 12.3. The van der Waals surface area contributed by atoms with Crippen LogP contribution in [0.4, 0.5) is 10.6 Å². The van der Waals surface area contributed by atoms with Crippen LogP contribution >= 0.6 is 0 Å². The first-order valence-corrected chi connectivity index (χ1v) is 11.0. The lowest BCUT2D eigenvalue weighted by Gasteiger charge is -2.16. The molecule has 1 heterocycles. The summed E-state index contributed by atoms with van der Waals surface area (Å²) in [4.78, 5) is 24.3. The number of nitrogens with zero attached hydrogens (tertiary/aromatic N) is 1. The minimum Gasteiger partial charge on any atom is -0.497 e. The highest BCUT2D eigenvalue weighted by Gasteiger charge is 2.30. The quantitative estimate of drug-likeness (QED) is 0.446. The van der Waals surface area contributed by atoms with Crippen molar-refractivity contribution < 1.29 is 24.2 Å². The van der Waals surface area contributed by atoms with E-state index in [0.717, 1.165) is 36.3 Å². The molecule has 32 heavy (non-hydrogen) atoms. The molecule has 4 N–H and O–H groups in total. The molecule has 9 heteroatoms. The van der Waals surface area contributed by atoms with Crippen LogP contribution in [0.25, 0.3) is 0 Å². The zero-order valence-electron chi connectivity index (χ0n) is 18.6. The molecule has 1 aromatic heterocycles. The number of carbonyl (C=O) groups excluding carboxylic acids is 2. The van der Waals surface area contributed by atoms with Crippen LogP contribution in [0.5, 0.6) is 5.75 Å². The molecule has 0 spiro atoms. The van der Waals surface area contributed by atoms with E-state index in [1.807, 2.05) is 37.3 Å². The van der Waals surface area contributed by atoms with Crippen LogP contribution in [0.15, 0.2) is 30.3 Å². The molecule has 9 nitrogen and oxygen atoms in total. The van der Waals surface area contributed by atoms with E-state index >= 15 is 0 Å². The normalized spacial score (nSPS) is 18.7. The number of alkyl carbamates (subject to hydrolysis) is 1. The Morgan fingerprint density at radius 1 is 1.28 bits per heavy atom. The number of nitrogens with one attached hydrogen (secondary N) is 3. The summed E-state index contributed by atoms with van der Waals surface area (Å²) in [5, 5.41) is 21.9. The number of aromatic amines is 1. The third-order valence-electron chi connectivity index (χ3n) is 5.86. The predicted octanol–water partition coefficient (Wildman–Crippen LogP) is 2.98. The fourth-order valence-corrected chi connectivity index (χ4v) is 3.81. The summed E-state index contributed by atoms with van der Waals surface area (Å²) < 4.78 is 10.6. The first kappa shape index (κ1) is 23.6. The Labute approximate surface area is 187 Å². The van der Waals surface area contributed by atoms with Gasteiger partial charge in [0.25, 0.3) is 0 Å². The second-order valence-corrected chi connectivity index (χ2v) is 8.16. The topological polar surface area (TPSA) is 126 Å². The summed E-state index contributed by atoms with van der Waals surface area (Å²) in [6.07, 6.45) is 2.77. The third kappa shape index (κ3) is 6.71. The number of ether oxygens (including phenoxy) is 2. The first-order valence-electron chi connectivity index (χ1n) is 11.0. The zero-order chi connectivity index (χ0) is 22.9. The van der Waals surface area contributed by atoms with Crippen LogP contribution in [-0.4, -0.2) is 53.7 Å². The van der Waals surface area contributed by atoms with E-state index in [1.165, 1.54) is 0 Å². The van der Waals surface area contributed by atoms with Gasteiger partial charge in [-0.05, 0) is 49.3 Å². The second-order valence-electron chi connectivity index (χ2n) is 8.16. The van der Waals surface area contributed by atoms with E-state index in [4.69, 9.17) is 9.47 Å². The van der Waals surface area contributed by atoms with Crippen molar-refractivity contribution in [2.45, 2.75) is 51.0 Å². The summed E-state index contributed by atoms with van der Waals surface area (Å²) in [6.45, 7) is 2.42. The van der Waals surface area contributed by atoms with Gasteiger partial charge >= 0.3 is 6.09 Å². The number of hydrogen-bond donors (Lipinski definition) is 4. The van der Waals surface area contributed by atoms with E-state index in [2.05, 4.69) is 20.8 Å². The molecule has 2 aromatic rings. The average Bonchev–Trinajstić information content (AvgIpc) is 3.44. The molecule has 1 fully saturated rings. The summed E-state index contributed by atoms with van der Waals surface area (Å²) in [5.41, 5.74) is 1.81. The monoisotopic (exact) mass is 444 g/mol. The Morgan fingerprint density at radius 2 is 2.06 bits per heavy atom. The van der Waals surface area contributed by atoms with Gasteiger partial charge in [0.15, 0.2) is 5.82 Å². The Bertz CT molecular complexity index is 879. The van der Waals surface area contributed by atoms with Crippen LogP contribution in [-0.2, 0) is 16.0 Å². The van der Waals surface area contributed by atoms with E-state index in [1.54, 1.807) is 7.11 Å². The van der Waals surface area contributed by atoms with Crippen molar-refractivity contribution >= 4 is 17.8 Å². The van der Waals surface area contributed by atoms with E-state index in [0.29, 0.717) is 18.8 Å². The standard InChI is InChI=1S/C23H32N4O5/c1-3-15(14-28)13-24-23(30)32-19-9-6-17(11-19)20-12-21(27-26-20)25-22(29)10-16-4-7-18(31-2)8-5-16/h4-5,7-8,12,15,17,19,28H,3,6,9-11,13-14H2,1-2H3,(H,24,30)(H2,25,26,27,29)/t15?,17-,19+/m0/s1. The molecule has 0 aliphatic heterocycles. The van der Waals surface area contributed by atoms with Crippen LogP contribution in [0.2, 0.25) is 0 Å². The number of H-pyrrole nitrogens is 1. The van der Waals surface area contributed by atoms with Crippen molar-refractivity contribution in [2.75, 3.05) is 25.6 Å². The fraction of sp³-hybridized carbons (Fsp3) is 0.522. The summed E-state index contributed by atoms with van der Waals surface area (Å²) in [6, 6.07) is 9.20. The average molecular weight is 445 g/mol. The van der Waals surface area contributed by atoms with Crippen LogP contribution in [0, 0.1) is 5.92 Å². The molecule has 1 aliphatic rings. The number of rotatable bonds is 10. The number of aromatic nitrogens is 2. The molecular weight excluding hydrogens is 412 g/mol. The molecule has 0 saturated heterocycles. The Morgan fingerprint density at radius 3 is 2.75 bits per heavy atom. The molecule has 0 radical (unpaired) electrons. The molecular formula is C23H32N4O5. The molecule has 174 valence electrons. The summed E-state index contributed by atoms with van der Waals surface area (Å²) >= 11 is 0. The SMILES string of the molecule is CCC(CO)CNC(=O)O[C@@H]1CC[C@H](c2cc(NC(=O)Cc3ccc(OC)cc3)n[nH]2)C1. The highest BCUT2D eigenvalue weighted by Crippen LogP contribution is 2.35. The van der Waals surface area contributed by atoms with Crippen molar-refractivity contribution in [1.29, 1.82) is 0 Å². The lowest BCUT2D eigenvalue weighted by Crippen LogP contribution is -2.33. The minimum atomic E-state index is -0.446. The maximum Gasteiger partial charge on any atom is 0.407 e. The van der Waals surface area contributed by atoms with Crippen molar-refractivity contribution in [3.8, 4) is 5.75 Å². The van der Waals surface area contributed by atoms with Crippen LogP contribution in [0.3, 0.4) is 0 Å². The van der Waals surface area contributed by atoms with Gasteiger partial charge in [0, 0.05) is 30.8 Å². The number of aliphatic hydroxyl groups excluding tert-OH is 1. The molecule has 1 unspecified atom stereocenters. The number of carbonyl (C=O) groups is 2. The zero-order valence-corrected chi connectivity index (χ0v) is 18.6. The van der Waals surface area contributed by atoms with Gasteiger partial charge < -0.3 is 25.2 Å². The summed E-state index contributed by atoms with van der Waals surface area (Å²) in [5.74, 6) is 1.31. The predicted molar refractivity (Wildman–Crippen MR) is 120 cm³/mol. The molecule has 1 aromatic carbocycles. The highest BCUT2D eigenvalue weighted by molar-refractivity contribution is 5.91. The number of anilines is 1. The van der Waals surface area contributed by atoms with Crippen molar-refractivity contribution in [2.24, 2.45) is 5.92 Å². The smallest absolute Gasteiger partial charge is 0.407 e. The van der Waals surface area contributed by atoms with Gasteiger partial charge in [-0.1, -0.05) is 19.1 Å². The molecule has 3 atom stereocenters. The van der Waals surface area contributed by atoms with Gasteiger partial charge in [-0.25, -0.2) is 4.79 Å². The maximum atomic E-state index is 12.3. The lowest BCUT2D eigenvalue weighted by molar-refractivity contribution is -0.115. The Kier molecular flexibility index (Phi) is 8.49. The van der Waals surface area contributed by atoms with Crippen molar-refractivity contribution in [1.82, 2.24) is 15.5 Å². The van der Waals surface area contributed by atoms with Gasteiger partial charge in [-0.15, -0.1) is 0 Å². The van der Waals surface area contributed by atoms with Gasteiger partial charge in [0.2, 0.25) is 5.91 Å². The fourth-order valence-electron chi connectivity index (χ4n) is 3.81. The Hall–Kier alpha value is -3.07. The molecule has 1 aliphatic carbocycles. The molecule has 2 amide bonds. The number of aliphatic hydroxyl groups is 1. The molecule has 0 bridgehead atoms. The van der Waals surface area contributed by atoms with Gasteiger partial charge in [-0.2, -0.15) is 5.10 Å². The number of methoxy groups -OCH3 is 1. The van der Waals surface area contributed by atoms with Crippen molar-refractivity contribution in [3.05, 3.63) is 41.6 Å². The third-order valence-corrected chi connectivity index (χ3v) is 5.86. The molecule has 1 saturated carbocycles. The minimum absolute atomic E-state index is 0.0427. The second kappa shape index (κ2) is 11.5. The first-order chi connectivity index (χ1) is 15.5. The van der Waals surface area contributed by atoms with E-state index < -0.39 is 6.09 Å². The molecule has 3 rings (SSSR count). The van der Waals surface area contributed by atoms with E-state index in [9.17, 15) is 14.7 Å². The Balaban J connectivity index is 1.44.